The number of furan rings is 1. The van der Waals surface area contributed by atoms with Gasteiger partial charge in [0.05, 0.1) is 24.1 Å². The lowest BCUT2D eigenvalue weighted by atomic mass is 10.2. The Labute approximate surface area is 133 Å². The molecule has 1 amide bonds. The summed E-state index contributed by atoms with van der Waals surface area (Å²) in [6, 6.07) is 5.74. The van der Waals surface area contributed by atoms with Crippen molar-refractivity contribution in [2.75, 3.05) is 0 Å². The maximum atomic E-state index is 12.4. The fraction of sp³-hybridized carbons (Fsp3) is 0.312. The summed E-state index contributed by atoms with van der Waals surface area (Å²) >= 11 is 0. The molecule has 0 spiro atoms. The number of rotatable bonds is 5. The predicted molar refractivity (Wildman–Crippen MR) is 84.7 cm³/mol. The van der Waals surface area contributed by atoms with Crippen molar-refractivity contribution in [1.29, 1.82) is 0 Å². The SMILES string of the molecule is CC(C)n1ccc(CNC(=O)c2cn(C)nc2-c2ccco2)n1. The van der Waals surface area contributed by atoms with Gasteiger partial charge in [-0.2, -0.15) is 10.2 Å². The van der Waals surface area contributed by atoms with Crippen molar-refractivity contribution in [2.24, 2.45) is 7.05 Å². The summed E-state index contributed by atoms with van der Waals surface area (Å²) in [4.78, 5) is 12.4. The number of aromatic nitrogens is 4. The first kappa shape index (κ1) is 15.1. The van der Waals surface area contributed by atoms with Crippen LogP contribution >= 0.6 is 0 Å². The number of aryl methyl sites for hydroxylation is 1. The molecule has 0 aliphatic heterocycles. The summed E-state index contributed by atoms with van der Waals surface area (Å²) in [5.41, 5.74) is 1.82. The van der Waals surface area contributed by atoms with Crippen molar-refractivity contribution in [3.8, 4) is 11.5 Å². The molecule has 0 aliphatic rings. The fourth-order valence-electron chi connectivity index (χ4n) is 2.28. The van der Waals surface area contributed by atoms with E-state index in [9.17, 15) is 4.79 Å². The van der Waals surface area contributed by atoms with E-state index < -0.39 is 0 Å². The molecule has 0 saturated heterocycles. The second-order valence-corrected chi connectivity index (χ2v) is 5.61. The minimum absolute atomic E-state index is 0.205. The van der Waals surface area contributed by atoms with Crippen molar-refractivity contribution >= 4 is 5.91 Å². The van der Waals surface area contributed by atoms with Gasteiger partial charge < -0.3 is 9.73 Å². The predicted octanol–water partition coefficient (Wildman–Crippen LogP) is 2.39. The molecule has 3 heterocycles. The third-order valence-corrected chi connectivity index (χ3v) is 3.45. The zero-order valence-electron chi connectivity index (χ0n) is 13.4. The average Bonchev–Trinajstić information content (AvgIpc) is 3.24. The summed E-state index contributed by atoms with van der Waals surface area (Å²) in [5.74, 6) is 0.364. The van der Waals surface area contributed by atoms with Crippen molar-refractivity contribution < 1.29 is 9.21 Å². The quantitative estimate of drug-likeness (QED) is 0.784. The molecule has 0 bridgehead atoms. The number of hydrogen-bond acceptors (Lipinski definition) is 4. The Hall–Kier alpha value is -2.83. The summed E-state index contributed by atoms with van der Waals surface area (Å²) < 4.78 is 8.80. The van der Waals surface area contributed by atoms with Crippen molar-refractivity contribution in [3.05, 3.63) is 48.1 Å². The highest BCUT2D eigenvalue weighted by Crippen LogP contribution is 2.22. The number of amides is 1. The fourth-order valence-corrected chi connectivity index (χ4v) is 2.28. The number of carbonyl (C=O) groups is 1. The van der Waals surface area contributed by atoms with E-state index in [0.29, 0.717) is 29.6 Å². The zero-order chi connectivity index (χ0) is 16.4. The molecule has 3 aromatic rings. The first-order valence-corrected chi connectivity index (χ1v) is 7.44. The second-order valence-electron chi connectivity index (χ2n) is 5.61. The van der Waals surface area contributed by atoms with Gasteiger partial charge in [-0.1, -0.05) is 0 Å². The number of nitrogens with one attached hydrogen (secondary N) is 1. The van der Waals surface area contributed by atoms with Gasteiger partial charge in [0.15, 0.2) is 5.76 Å². The molecule has 120 valence electrons. The number of carbonyl (C=O) groups excluding carboxylic acids is 1. The van der Waals surface area contributed by atoms with Crippen LogP contribution in [0.3, 0.4) is 0 Å². The highest BCUT2D eigenvalue weighted by atomic mass is 16.3. The molecule has 0 fully saturated rings. The van der Waals surface area contributed by atoms with Crippen LogP contribution < -0.4 is 5.32 Å². The summed E-state index contributed by atoms with van der Waals surface area (Å²) in [7, 11) is 1.77. The van der Waals surface area contributed by atoms with Crippen LogP contribution in [0.25, 0.3) is 11.5 Å². The molecule has 7 heteroatoms. The van der Waals surface area contributed by atoms with E-state index in [1.54, 1.807) is 36.3 Å². The topological polar surface area (TPSA) is 77.9 Å². The van der Waals surface area contributed by atoms with Crippen LogP contribution in [-0.4, -0.2) is 25.5 Å². The van der Waals surface area contributed by atoms with E-state index in [4.69, 9.17) is 4.42 Å². The van der Waals surface area contributed by atoms with Gasteiger partial charge in [0.2, 0.25) is 0 Å². The smallest absolute Gasteiger partial charge is 0.255 e. The first-order valence-electron chi connectivity index (χ1n) is 7.44. The lowest BCUT2D eigenvalue weighted by molar-refractivity contribution is 0.0950. The minimum Gasteiger partial charge on any atom is -0.463 e. The summed E-state index contributed by atoms with van der Waals surface area (Å²) in [6.07, 6.45) is 5.15. The van der Waals surface area contributed by atoms with Gasteiger partial charge in [-0.3, -0.25) is 14.2 Å². The normalized spacial score (nSPS) is 11.1. The van der Waals surface area contributed by atoms with Gasteiger partial charge in [-0.25, -0.2) is 0 Å². The van der Waals surface area contributed by atoms with Crippen LogP contribution in [0.5, 0.6) is 0 Å². The molecule has 0 aliphatic carbocycles. The van der Waals surface area contributed by atoms with Gasteiger partial charge >= 0.3 is 0 Å². The lowest BCUT2D eigenvalue weighted by Gasteiger charge is -2.05. The Bertz CT molecular complexity index is 798. The van der Waals surface area contributed by atoms with Crippen LogP contribution in [0.15, 0.2) is 41.3 Å². The maximum absolute atomic E-state index is 12.4. The van der Waals surface area contributed by atoms with Gasteiger partial charge in [0.1, 0.15) is 5.69 Å². The Morgan fingerprint density at radius 3 is 2.83 bits per heavy atom. The maximum Gasteiger partial charge on any atom is 0.255 e. The molecule has 0 saturated carbocycles. The highest BCUT2D eigenvalue weighted by Gasteiger charge is 2.19. The minimum atomic E-state index is -0.205. The van der Waals surface area contributed by atoms with Gasteiger partial charge in [0, 0.05) is 25.5 Å². The second kappa shape index (κ2) is 6.12. The zero-order valence-corrected chi connectivity index (χ0v) is 13.4. The van der Waals surface area contributed by atoms with Crippen LogP contribution in [0.2, 0.25) is 0 Å². The van der Waals surface area contributed by atoms with Crippen molar-refractivity contribution in [3.63, 3.8) is 0 Å². The Morgan fingerprint density at radius 2 is 2.17 bits per heavy atom. The molecular weight excluding hydrogens is 294 g/mol. The monoisotopic (exact) mass is 313 g/mol. The molecule has 3 rings (SSSR count). The molecular formula is C16H19N5O2. The van der Waals surface area contributed by atoms with E-state index in [1.807, 2.05) is 16.9 Å². The lowest BCUT2D eigenvalue weighted by Crippen LogP contribution is -2.23. The standard InChI is InChI=1S/C16H19N5O2/c1-11(2)21-7-6-12(18-21)9-17-16(22)13-10-20(3)19-15(13)14-5-4-8-23-14/h4-8,10-11H,9H2,1-3H3,(H,17,22). The van der Waals surface area contributed by atoms with E-state index in [1.165, 1.54) is 0 Å². The summed E-state index contributed by atoms with van der Waals surface area (Å²) in [6.45, 7) is 4.48. The van der Waals surface area contributed by atoms with Gasteiger partial charge in [-0.15, -0.1) is 0 Å². The third kappa shape index (κ3) is 3.18. The van der Waals surface area contributed by atoms with Crippen molar-refractivity contribution in [2.45, 2.75) is 26.4 Å². The Balaban J connectivity index is 1.73. The van der Waals surface area contributed by atoms with E-state index in [0.717, 1.165) is 5.69 Å². The van der Waals surface area contributed by atoms with Crippen LogP contribution in [0.1, 0.15) is 35.9 Å². The van der Waals surface area contributed by atoms with E-state index in [2.05, 4.69) is 29.4 Å². The van der Waals surface area contributed by atoms with Crippen LogP contribution in [0, 0.1) is 0 Å². The van der Waals surface area contributed by atoms with Crippen molar-refractivity contribution in [1.82, 2.24) is 24.9 Å². The Kier molecular flexibility index (Phi) is 4.01. The van der Waals surface area contributed by atoms with Crippen LogP contribution in [-0.2, 0) is 13.6 Å². The Morgan fingerprint density at radius 1 is 1.35 bits per heavy atom. The molecule has 7 nitrogen and oxygen atoms in total. The molecule has 0 unspecified atom stereocenters. The largest absolute Gasteiger partial charge is 0.463 e. The van der Waals surface area contributed by atoms with E-state index in [-0.39, 0.29) is 5.91 Å². The number of hydrogen-bond donors (Lipinski definition) is 1. The molecule has 23 heavy (non-hydrogen) atoms. The highest BCUT2D eigenvalue weighted by molar-refractivity contribution is 5.99. The molecule has 0 atom stereocenters. The molecule has 1 N–H and O–H groups in total. The van der Waals surface area contributed by atoms with Gasteiger partial charge in [0.25, 0.3) is 5.91 Å². The molecule has 0 radical (unpaired) electrons. The van der Waals surface area contributed by atoms with E-state index >= 15 is 0 Å². The molecule has 3 aromatic heterocycles. The first-order chi connectivity index (χ1) is 11.0. The molecule has 0 aromatic carbocycles. The number of nitrogens with zero attached hydrogens (tertiary/aromatic N) is 4. The van der Waals surface area contributed by atoms with Crippen LogP contribution in [0.4, 0.5) is 0 Å². The summed E-state index contributed by atoms with van der Waals surface area (Å²) in [5, 5.41) is 11.6. The average molecular weight is 313 g/mol. The van der Waals surface area contributed by atoms with Gasteiger partial charge in [-0.05, 0) is 32.0 Å². The third-order valence-electron chi connectivity index (χ3n) is 3.45.